The fourth-order valence-electron chi connectivity index (χ4n) is 3.38. The predicted octanol–water partition coefficient (Wildman–Crippen LogP) is 1.98. The van der Waals surface area contributed by atoms with Crippen molar-refractivity contribution in [3.8, 4) is 22.8 Å². The molecule has 34 heavy (non-hydrogen) atoms. The monoisotopic (exact) mass is 465 g/mol. The average molecular weight is 465 g/mol. The molecule has 0 saturated carbocycles. The summed E-state index contributed by atoms with van der Waals surface area (Å²) in [5.41, 5.74) is 11.3. The highest BCUT2D eigenvalue weighted by molar-refractivity contribution is 5.77. The lowest BCUT2D eigenvalue weighted by molar-refractivity contribution is 0.374. The zero-order chi connectivity index (χ0) is 24.2. The number of rotatable bonds is 8. The van der Waals surface area contributed by atoms with E-state index >= 15 is 4.39 Å². The molecule has 0 aliphatic rings. The molecule has 0 unspecified atom stereocenters. The van der Waals surface area contributed by atoms with Crippen LogP contribution in [-0.2, 0) is 7.05 Å². The van der Waals surface area contributed by atoms with Crippen molar-refractivity contribution in [2.75, 3.05) is 25.7 Å². The number of hydrogen-bond donors (Lipinski definition) is 3. The van der Waals surface area contributed by atoms with Crippen molar-refractivity contribution in [1.29, 1.82) is 0 Å². The van der Waals surface area contributed by atoms with Crippen LogP contribution in [0, 0.1) is 5.82 Å². The molecule has 3 heterocycles. The molecular weight excluding hydrogens is 441 g/mol. The van der Waals surface area contributed by atoms with Gasteiger partial charge in [0.2, 0.25) is 0 Å². The van der Waals surface area contributed by atoms with Crippen LogP contribution < -0.4 is 31.4 Å². The topological polar surface area (TPSA) is 142 Å². The van der Waals surface area contributed by atoms with E-state index < -0.39 is 5.82 Å². The van der Waals surface area contributed by atoms with Crippen LogP contribution in [0.3, 0.4) is 0 Å². The second-order valence-corrected chi connectivity index (χ2v) is 7.30. The minimum absolute atomic E-state index is 0.0123. The van der Waals surface area contributed by atoms with E-state index in [4.69, 9.17) is 21.1 Å². The first-order valence-corrected chi connectivity index (χ1v) is 10.2. The van der Waals surface area contributed by atoms with Crippen LogP contribution in [0.25, 0.3) is 22.4 Å². The number of pyridine rings is 1. The highest BCUT2D eigenvalue weighted by Gasteiger charge is 2.22. The van der Waals surface area contributed by atoms with Crippen LogP contribution in [0.1, 0.15) is 0 Å². The van der Waals surface area contributed by atoms with Gasteiger partial charge in [-0.15, -0.1) is 0 Å². The lowest BCUT2D eigenvalue weighted by Crippen LogP contribution is -2.27. The van der Waals surface area contributed by atoms with Crippen molar-refractivity contribution >= 4 is 22.7 Å². The second-order valence-electron chi connectivity index (χ2n) is 7.30. The largest absolute Gasteiger partial charge is 0.497 e. The summed E-state index contributed by atoms with van der Waals surface area (Å²) in [6, 6.07) is 6.44. The van der Waals surface area contributed by atoms with Gasteiger partial charge in [0.1, 0.15) is 17.1 Å². The molecule has 0 atom stereocenters. The van der Waals surface area contributed by atoms with Crippen LogP contribution in [0.4, 0.5) is 15.9 Å². The fourth-order valence-corrected chi connectivity index (χ4v) is 3.38. The van der Waals surface area contributed by atoms with Gasteiger partial charge in [0.05, 0.1) is 44.5 Å². The third kappa shape index (κ3) is 4.52. The standard InChI is InChI=1S/C22H24FN9O2/c1-31-11-13(8-28-31)17-10-26-16-4-5-20(30-22(16)29-17)32(12-14(24)9-27-25)18-6-15(33-2)7-19(34-3)21(18)23/h4-11,27H,12,24-25H2,1-3H3/b14-9-. The number of aromatic nitrogens is 5. The van der Waals surface area contributed by atoms with Gasteiger partial charge in [-0.05, 0) is 12.1 Å². The zero-order valence-electron chi connectivity index (χ0n) is 18.9. The normalized spacial score (nSPS) is 11.5. The number of methoxy groups -OCH3 is 2. The Bertz CT molecular complexity index is 1360. The molecule has 0 radical (unpaired) electrons. The van der Waals surface area contributed by atoms with Gasteiger partial charge in [-0.25, -0.2) is 14.4 Å². The highest BCUT2D eigenvalue weighted by Crippen LogP contribution is 2.36. The van der Waals surface area contributed by atoms with Gasteiger partial charge in [-0.2, -0.15) is 5.10 Å². The van der Waals surface area contributed by atoms with Crippen LogP contribution >= 0.6 is 0 Å². The first-order chi connectivity index (χ1) is 16.4. The van der Waals surface area contributed by atoms with Gasteiger partial charge < -0.3 is 25.5 Å². The molecule has 4 aromatic rings. The SMILES string of the molecule is COc1cc(OC)c(F)c(N(C/C(N)=C/NN)c2ccc3ncc(-c4cnn(C)c4)nc3n2)c1. The number of fused-ring (bicyclic) bond motifs is 1. The number of nitrogens with two attached hydrogens (primary N) is 2. The molecule has 3 aromatic heterocycles. The maximum Gasteiger partial charge on any atom is 0.188 e. The quantitative estimate of drug-likeness (QED) is 0.261. The summed E-state index contributed by atoms with van der Waals surface area (Å²) in [5, 5.41) is 4.17. The predicted molar refractivity (Wildman–Crippen MR) is 126 cm³/mol. The maximum atomic E-state index is 15.4. The van der Waals surface area contributed by atoms with Crippen LogP contribution in [0.15, 0.2) is 54.8 Å². The summed E-state index contributed by atoms with van der Waals surface area (Å²) in [6.45, 7) is 0.0612. The molecule has 0 aliphatic carbocycles. The molecule has 12 heteroatoms. The Morgan fingerprint density at radius 3 is 2.71 bits per heavy atom. The molecular formula is C22H24FN9O2. The number of benzene rings is 1. The number of hydrogen-bond acceptors (Lipinski definition) is 10. The second kappa shape index (κ2) is 9.58. The summed E-state index contributed by atoms with van der Waals surface area (Å²) in [6.07, 6.45) is 6.58. The van der Waals surface area contributed by atoms with E-state index in [1.165, 1.54) is 32.6 Å². The molecule has 5 N–H and O–H groups in total. The van der Waals surface area contributed by atoms with Crippen molar-refractivity contribution in [3.05, 3.63) is 60.6 Å². The van der Waals surface area contributed by atoms with Crippen molar-refractivity contribution in [3.63, 3.8) is 0 Å². The third-order valence-electron chi connectivity index (χ3n) is 5.02. The van der Waals surface area contributed by atoms with E-state index in [-0.39, 0.29) is 18.0 Å². The molecule has 0 saturated heterocycles. The first kappa shape index (κ1) is 22.7. The van der Waals surface area contributed by atoms with E-state index in [1.54, 1.807) is 34.1 Å². The van der Waals surface area contributed by atoms with Gasteiger partial charge in [0.15, 0.2) is 17.2 Å². The van der Waals surface area contributed by atoms with Gasteiger partial charge in [0.25, 0.3) is 0 Å². The van der Waals surface area contributed by atoms with Crippen LogP contribution in [0.5, 0.6) is 11.5 Å². The molecule has 0 fully saturated rings. The number of halogens is 1. The van der Waals surface area contributed by atoms with Gasteiger partial charge in [-0.1, -0.05) is 0 Å². The third-order valence-corrected chi connectivity index (χ3v) is 5.02. The molecule has 0 aliphatic heterocycles. The number of hydrazine groups is 1. The molecule has 11 nitrogen and oxygen atoms in total. The van der Waals surface area contributed by atoms with E-state index in [9.17, 15) is 0 Å². The molecule has 0 amide bonds. The molecule has 176 valence electrons. The molecule has 1 aromatic carbocycles. The number of nitrogens with one attached hydrogen (secondary N) is 1. The van der Waals surface area contributed by atoms with Gasteiger partial charge in [0, 0.05) is 42.8 Å². The van der Waals surface area contributed by atoms with Crippen LogP contribution in [-0.4, -0.2) is 45.5 Å². The van der Waals surface area contributed by atoms with Crippen LogP contribution in [0.2, 0.25) is 0 Å². The molecule has 0 bridgehead atoms. The van der Waals surface area contributed by atoms with Gasteiger partial charge >= 0.3 is 0 Å². The Morgan fingerprint density at radius 2 is 2.03 bits per heavy atom. The number of aryl methyl sites for hydroxylation is 1. The average Bonchev–Trinajstić information content (AvgIpc) is 3.28. The molecule has 4 rings (SSSR count). The smallest absolute Gasteiger partial charge is 0.188 e. The number of nitrogens with zero attached hydrogens (tertiary/aromatic N) is 6. The Morgan fingerprint density at radius 1 is 1.21 bits per heavy atom. The molecule has 0 spiro atoms. The van der Waals surface area contributed by atoms with E-state index in [0.29, 0.717) is 34.1 Å². The minimum atomic E-state index is -0.603. The van der Waals surface area contributed by atoms with Crippen molar-refractivity contribution in [2.45, 2.75) is 0 Å². The van der Waals surface area contributed by atoms with E-state index in [0.717, 1.165) is 5.56 Å². The first-order valence-electron chi connectivity index (χ1n) is 10.2. The maximum absolute atomic E-state index is 15.4. The Hall–Kier alpha value is -4.45. The summed E-state index contributed by atoms with van der Waals surface area (Å²) in [7, 11) is 4.68. The van der Waals surface area contributed by atoms with Gasteiger partial charge in [-0.3, -0.25) is 15.5 Å². The Balaban J connectivity index is 1.86. The summed E-state index contributed by atoms with van der Waals surface area (Å²) < 4.78 is 27.6. The summed E-state index contributed by atoms with van der Waals surface area (Å²) in [5.74, 6) is 5.56. The van der Waals surface area contributed by atoms with Crippen molar-refractivity contribution < 1.29 is 13.9 Å². The van der Waals surface area contributed by atoms with Crippen molar-refractivity contribution in [2.24, 2.45) is 18.6 Å². The summed E-state index contributed by atoms with van der Waals surface area (Å²) in [4.78, 5) is 15.3. The number of ether oxygens (including phenoxy) is 2. The summed E-state index contributed by atoms with van der Waals surface area (Å²) >= 11 is 0. The fraction of sp³-hybridized carbons (Fsp3) is 0.182. The lowest BCUT2D eigenvalue weighted by atomic mass is 10.2. The van der Waals surface area contributed by atoms with E-state index in [2.05, 4.69) is 25.5 Å². The van der Waals surface area contributed by atoms with Crippen molar-refractivity contribution in [1.82, 2.24) is 30.2 Å². The lowest BCUT2D eigenvalue weighted by Gasteiger charge is -2.25. The Labute approximate surface area is 194 Å². The Kier molecular flexibility index (Phi) is 6.41. The highest BCUT2D eigenvalue weighted by atomic mass is 19.1. The van der Waals surface area contributed by atoms with E-state index in [1.807, 2.05) is 13.2 Å². The minimum Gasteiger partial charge on any atom is -0.497 e. The zero-order valence-corrected chi connectivity index (χ0v) is 18.9. The number of anilines is 2.